The SMILES string of the molecule is CCCCCc1ccc(-c2ccc(-c3ccc(-c4cc(F)c(C(F)(F)Oc5ccc(Cl)c(F)c5)c(F)c4)c(F)c3)cc2)nc1. The van der Waals surface area contributed by atoms with Crippen molar-refractivity contribution in [3.05, 3.63) is 131 Å². The van der Waals surface area contributed by atoms with Gasteiger partial charge < -0.3 is 4.74 Å². The van der Waals surface area contributed by atoms with Crippen LogP contribution < -0.4 is 4.74 Å². The van der Waals surface area contributed by atoms with E-state index in [0.717, 1.165) is 42.7 Å². The minimum atomic E-state index is -4.51. The number of rotatable bonds is 10. The van der Waals surface area contributed by atoms with Crippen LogP contribution in [0.4, 0.5) is 26.3 Å². The summed E-state index contributed by atoms with van der Waals surface area (Å²) in [4.78, 5) is 4.56. The van der Waals surface area contributed by atoms with Crippen LogP contribution in [0.2, 0.25) is 5.02 Å². The summed E-state index contributed by atoms with van der Waals surface area (Å²) in [6.07, 6.45) is 1.81. The zero-order chi connectivity index (χ0) is 31.4. The standard InChI is InChI=1S/C35H26ClF6NO/c1-2-3-4-5-21-6-15-33(43-20-21)23-9-7-22(8-10-23)24-11-13-27(29(37)16-24)25-17-31(39)34(32(40)18-25)35(41,42)44-26-12-14-28(36)30(38)19-26/h6-20H,2-5H2,1H3. The second-order valence-electron chi connectivity index (χ2n) is 10.3. The minimum absolute atomic E-state index is 0.193. The summed E-state index contributed by atoms with van der Waals surface area (Å²) in [6.45, 7) is 2.16. The van der Waals surface area contributed by atoms with Gasteiger partial charge in [0.2, 0.25) is 0 Å². The van der Waals surface area contributed by atoms with Crippen molar-refractivity contribution in [1.82, 2.24) is 4.98 Å². The molecule has 0 unspecified atom stereocenters. The van der Waals surface area contributed by atoms with E-state index in [1.54, 1.807) is 6.07 Å². The number of hydrogen-bond donors (Lipinski definition) is 0. The van der Waals surface area contributed by atoms with Crippen molar-refractivity contribution in [2.45, 2.75) is 38.7 Å². The molecule has 0 spiro atoms. The highest BCUT2D eigenvalue weighted by atomic mass is 35.5. The van der Waals surface area contributed by atoms with Crippen LogP contribution in [0.25, 0.3) is 33.5 Å². The molecule has 0 N–H and O–H groups in total. The lowest BCUT2D eigenvalue weighted by atomic mass is 9.97. The van der Waals surface area contributed by atoms with Crippen molar-refractivity contribution in [1.29, 1.82) is 0 Å². The van der Waals surface area contributed by atoms with Gasteiger partial charge in [0.05, 0.1) is 10.7 Å². The summed E-state index contributed by atoms with van der Waals surface area (Å²) in [5.41, 5.74) is 1.89. The number of pyridine rings is 1. The fourth-order valence-corrected chi connectivity index (χ4v) is 4.95. The van der Waals surface area contributed by atoms with Crippen LogP contribution in [0.1, 0.15) is 37.3 Å². The molecule has 0 aliphatic rings. The molecule has 1 aromatic heterocycles. The Hall–Kier alpha value is -4.30. The van der Waals surface area contributed by atoms with Gasteiger partial charge in [-0.1, -0.05) is 73.8 Å². The maximum Gasteiger partial charge on any atom is 0.432 e. The normalized spacial score (nSPS) is 11.5. The Morgan fingerprint density at radius 1 is 0.682 bits per heavy atom. The predicted octanol–water partition coefficient (Wildman–Crippen LogP) is 11.2. The first kappa shape index (κ1) is 31.1. The van der Waals surface area contributed by atoms with Gasteiger partial charge in [0.1, 0.15) is 34.6 Å². The Morgan fingerprint density at radius 3 is 1.95 bits per heavy atom. The first-order valence-corrected chi connectivity index (χ1v) is 14.3. The summed E-state index contributed by atoms with van der Waals surface area (Å²) in [5, 5.41) is -0.344. The number of halogens is 7. The van der Waals surface area contributed by atoms with Crippen molar-refractivity contribution in [3.63, 3.8) is 0 Å². The lowest BCUT2D eigenvalue weighted by Gasteiger charge is -2.20. The van der Waals surface area contributed by atoms with E-state index in [9.17, 15) is 22.0 Å². The highest BCUT2D eigenvalue weighted by molar-refractivity contribution is 6.30. The molecule has 0 amide bonds. The van der Waals surface area contributed by atoms with E-state index in [1.165, 1.54) is 24.1 Å². The van der Waals surface area contributed by atoms with Gasteiger partial charge in [-0.3, -0.25) is 4.98 Å². The molecule has 9 heteroatoms. The molecular weight excluding hydrogens is 600 g/mol. The molecule has 5 rings (SSSR count). The zero-order valence-corrected chi connectivity index (χ0v) is 24.2. The van der Waals surface area contributed by atoms with E-state index in [4.69, 9.17) is 11.6 Å². The van der Waals surface area contributed by atoms with Crippen LogP contribution in [0.5, 0.6) is 5.75 Å². The summed E-state index contributed by atoms with van der Waals surface area (Å²) in [7, 11) is 0. The van der Waals surface area contributed by atoms with Crippen molar-refractivity contribution in [2.24, 2.45) is 0 Å². The number of benzene rings is 4. The number of nitrogens with zero attached hydrogens (tertiary/aromatic N) is 1. The molecule has 1 heterocycles. The first-order valence-electron chi connectivity index (χ1n) is 13.9. The average molecular weight is 626 g/mol. The molecule has 0 saturated carbocycles. The van der Waals surface area contributed by atoms with E-state index in [1.807, 2.05) is 36.5 Å². The number of alkyl halides is 2. The second kappa shape index (κ2) is 13.1. The zero-order valence-electron chi connectivity index (χ0n) is 23.5. The van der Waals surface area contributed by atoms with Crippen molar-refractivity contribution in [3.8, 4) is 39.3 Å². The van der Waals surface area contributed by atoms with Crippen molar-refractivity contribution in [2.75, 3.05) is 0 Å². The molecule has 0 fully saturated rings. The molecule has 0 saturated heterocycles. The smallest absolute Gasteiger partial charge is 0.429 e. The summed E-state index contributed by atoms with van der Waals surface area (Å²) in [6, 6.07) is 19.1. The van der Waals surface area contributed by atoms with Crippen LogP contribution in [-0.2, 0) is 12.5 Å². The first-order chi connectivity index (χ1) is 21.1. The lowest BCUT2D eigenvalue weighted by molar-refractivity contribution is -0.189. The maximum atomic E-state index is 15.2. The Kier molecular flexibility index (Phi) is 9.30. The topological polar surface area (TPSA) is 22.1 Å². The molecule has 44 heavy (non-hydrogen) atoms. The van der Waals surface area contributed by atoms with E-state index in [0.29, 0.717) is 29.3 Å². The number of hydrogen-bond acceptors (Lipinski definition) is 2. The summed E-state index contributed by atoms with van der Waals surface area (Å²) < 4.78 is 92.4. The van der Waals surface area contributed by atoms with Gasteiger partial charge >= 0.3 is 6.11 Å². The van der Waals surface area contributed by atoms with E-state index in [2.05, 4.69) is 22.7 Å². The Bertz CT molecular complexity index is 1750. The number of aryl methyl sites for hydroxylation is 1. The third-order valence-electron chi connectivity index (χ3n) is 7.16. The Balaban J connectivity index is 1.34. The molecule has 0 aliphatic heterocycles. The van der Waals surface area contributed by atoms with Crippen molar-refractivity contribution < 1.29 is 31.1 Å². The van der Waals surface area contributed by atoms with Gasteiger partial charge in [-0.25, -0.2) is 17.6 Å². The van der Waals surface area contributed by atoms with Gasteiger partial charge in [0.25, 0.3) is 0 Å². The van der Waals surface area contributed by atoms with Crippen LogP contribution in [0, 0.1) is 23.3 Å². The minimum Gasteiger partial charge on any atom is -0.429 e. The van der Waals surface area contributed by atoms with Gasteiger partial charge in [-0.15, -0.1) is 0 Å². The molecule has 226 valence electrons. The number of ether oxygens (including phenoxy) is 1. The van der Waals surface area contributed by atoms with Crippen LogP contribution in [-0.4, -0.2) is 4.98 Å². The number of unbranched alkanes of at least 4 members (excludes halogenated alkanes) is 2. The highest BCUT2D eigenvalue weighted by Crippen LogP contribution is 2.38. The van der Waals surface area contributed by atoms with Gasteiger partial charge in [0.15, 0.2) is 0 Å². The average Bonchev–Trinajstić information content (AvgIpc) is 2.99. The molecule has 4 aromatic carbocycles. The third-order valence-corrected chi connectivity index (χ3v) is 7.46. The fourth-order valence-electron chi connectivity index (χ4n) is 4.83. The lowest BCUT2D eigenvalue weighted by Crippen LogP contribution is -2.25. The molecule has 2 nitrogen and oxygen atoms in total. The van der Waals surface area contributed by atoms with Crippen molar-refractivity contribution >= 4 is 11.6 Å². The third kappa shape index (κ3) is 6.91. The van der Waals surface area contributed by atoms with E-state index in [-0.39, 0.29) is 16.1 Å². The van der Waals surface area contributed by atoms with Crippen LogP contribution >= 0.6 is 11.6 Å². The van der Waals surface area contributed by atoms with Crippen LogP contribution in [0.15, 0.2) is 91.1 Å². The monoisotopic (exact) mass is 625 g/mol. The Labute approximate surface area is 255 Å². The highest BCUT2D eigenvalue weighted by Gasteiger charge is 2.41. The van der Waals surface area contributed by atoms with Gasteiger partial charge in [0, 0.05) is 23.4 Å². The van der Waals surface area contributed by atoms with Crippen LogP contribution in [0.3, 0.4) is 0 Å². The molecule has 0 bridgehead atoms. The maximum absolute atomic E-state index is 15.2. The molecule has 0 aliphatic carbocycles. The number of aromatic nitrogens is 1. The van der Waals surface area contributed by atoms with Gasteiger partial charge in [-0.05, 0) is 71.5 Å². The molecule has 5 aromatic rings. The summed E-state index contributed by atoms with van der Waals surface area (Å²) in [5.74, 6) is -5.88. The van der Waals surface area contributed by atoms with E-state index >= 15 is 4.39 Å². The summed E-state index contributed by atoms with van der Waals surface area (Å²) >= 11 is 5.53. The quantitative estimate of drug-likeness (QED) is 0.114. The molecular formula is C35H26ClF6NO. The molecule has 0 atom stereocenters. The Morgan fingerprint density at radius 2 is 1.34 bits per heavy atom. The second-order valence-corrected chi connectivity index (χ2v) is 10.7. The fraction of sp³-hybridized carbons (Fsp3) is 0.171. The predicted molar refractivity (Wildman–Crippen MR) is 160 cm³/mol. The molecule has 0 radical (unpaired) electrons. The van der Waals surface area contributed by atoms with Gasteiger partial charge in [-0.2, -0.15) is 8.78 Å². The van der Waals surface area contributed by atoms with E-state index < -0.39 is 40.7 Å². The largest absolute Gasteiger partial charge is 0.432 e.